The van der Waals surface area contributed by atoms with Crippen molar-refractivity contribution in [2.24, 2.45) is 4.99 Å². The maximum absolute atomic E-state index is 12.7. The third kappa shape index (κ3) is 2.46. The number of aliphatic imine (C=N–C) groups is 1. The van der Waals surface area contributed by atoms with E-state index >= 15 is 0 Å². The van der Waals surface area contributed by atoms with Gasteiger partial charge in [0.15, 0.2) is 17.3 Å². The number of ketones is 1. The van der Waals surface area contributed by atoms with Crippen molar-refractivity contribution in [2.45, 2.75) is 0 Å². The third-order valence-corrected chi connectivity index (χ3v) is 4.82. The SMILES string of the molecule is O=C(O)c1cccc2c1-c1ccc(N=Cc3ccc4c(c3)OCO4)cc1C2=O. The predicted octanol–water partition coefficient (Wildman–Crippen LogP) is 4.08. The molecule has 0 atom stereocenters. The van der Waals surface area contributed by atoms with Crippen LogP contribution in [0.3, 0.4) is 0 Å². The van der Waals surface area contributed by atoms with E-state index in [-0.39, 0.29) is 18.1 Å². The fraction of sp³-hybridized carbons (Fsp3) is 0.0455. The average molecular weight is 371 g/mol. The highest BCUT2D eigenvalue weighted by Crippen LogP contribution is 2.40. The summed E-state index contributed by atoms with van der Waals surface area (Å²) in [4.78, 5) is 28.7. The molecule has 6 heteroatoms. The molecule has 28 heavy (non-hydrogen) atoms. The molecule has 1 aliphatic carbocycles. The summed E-state index contributed by atoms with van der Waals surface area (Å²) in [5.74, 6) is 0.132. The first-order valence-corrected chi connectivity index (χ1v) is 8.61. The number of carboxylic acid groups (broad SMARTS) is 1. The molecule has 0 unspecified atom stereocenters. The van der Waals surface area contributed by atoms with Crippen LogP contribution in [0.15, 0.2) is 59.6 Å². The molecule has 0 spiro atoms. The van der Waals surface area contributed by atoms with Crippen molar-refractivity contribution >= 4 is 23.7 Å². The summed E-state index contributed by atoms with van der Waals surface area (Å²) < 4.78 is 10.6. The van der Waals surface area contributed by atoms with Gasteiger partial charge in [-0.3, -0.25) is 9.79 Å². The van der Waals surface area contributed by atoms with Crippen LogP contribution in [0.2, 0.25) is 0 Å². The van der Waals surface area contributed by atoms with Crippen molar-refractivity contribution in [2.75, 3.05) is 6.79 Å². The summed E-state index contributed by atoms with van der Waals surface area (Å²) in [6, 6.07) is 15.5. The molecule has 0 saturated heterocycles. The zero-order chi connectivity index (χ0) is 19.3. The molecule has 1 N–H and O–H groups in total. The smallest absolute Gasteiger partial charge is 0.336 e. The highest BCUT2D eigenvalue weighted by Gasteiger charge is 2.30. The van der Waals surface area contributed by atoms with Crippen molar-refractivity contribution in [1.29, 1.82) is 0 Å². The number of hydrogen-bond acceptors (Lipinski definition) is 5. The summed E-state index contributed by atoms with van der Waals surface area (Å²) in [5, 5.41) is 9.44. The second-order valence-corrected chi connectivity index (χ2v) is 6.46. The molecule has 0 amide bonds. The lowest BCUT2D eigenvalue weighted by molar-refractivity contribution is 0.0697. The first kappa shape index (κ1) is 16.3. The number of carboxylic acids is 1. The Bertz CT molecular complexity index is 1200. The Morgan fingerprint density at radius 2 is 1.82 bits per heavy atom. The lowest BCUT2D eigenvalue weighted by Gasteiger charge is -2.04. The number of fused-ring (bicyclic) bond motifs is 4. The fourth-order valence-electron chi connectivity index (χ4n) is 3.52. The minimum absolute atomic E-state index is 0.126. The van der Waals surface area contributed by atoms with Gasteiger partial charge in [-0.1, -0.05) is 18.2 Å². The average Bonchev–Trinajstić information content (AvgIpc) is 3.29. The zero-order valence-corrected chi connectivity index (χ0v) is 14.5. The number of nitrogens with zero attached hydrogens (tertiary/aromatic N) is 1. The Hall–Kier alpha value is -3.93. The number of aromatic carboxylic acids is 1. The van der Waals surface area contributed by atoms with E-state index in [0.717, 1.165) is 5.56 Å². The van der Waals surface area contributed by atoms with Gasteiger partial charge in [0, 0.05) is 22.9 Å². The van der Waals surface area contributed by atoms with E-state index in [1.807, 2.05) is 18.2 Å². The number of ether oxygens (including phenoxy) is 2. The fourth-order valence-corrected chi connectivity index (χ4v) is 3.52. The first-order valence-electron chi connectivity index (χ1n) is 8.61. The lowest BCUT2D eigenvalue weighted by atomic mass is 9.99. The molecule has 0 bridgehead atoms. The number of carbonyl (C=O) groups excluding carboxylic acids is 1. The van der Waals surface area contributed by atoms with Crippen LogP contribution in [-0.4, -0.2) is 29.9 Å². The molecule has 0 fully saturated rings. The molecule has 0 radical (unpaired) electrons. The van der Waals surface area contributed by atoms with Gasteiger partial charge in [-0.25, -0.2) is 4.79 Å². The van der Waals surface area contributed by atoms with Gasteiger partial charge in [-0.05, 0) is 47.5 Å². The van der Waals surface area contributed by atoms with Crippen LogP contribution in [0.1, 0.15) is 31.8 Å². The summed E-state index contributed by atoms with van der Waals surface area (Å²) in [6.07, 6.45) is 1.68. The van der Waals surface area contributed by atoms with Crippen LogP contribution >= 0.6 is 0 Å². The van der Waals surface area contributed by atoms with Crippen LogP contribution in [0.25, 0.3) is 11.1 Å². The van der Waals surface area contributed by atoms with Crippen LogP contribution in [0, 0.1) is 0 Å². The van der Waals surface area contributed by atoms with Gasteiger partial charge in [0.05, 0.1) is 11.3 Å². The molecule has 0 aromatic heterocycles. The number of benzene rings is 3. The topological polar surface area (TPSA) is 85.2 Å². The van der Waals surface area contributed by atoms with E-state index in [0.29, 0.717) is 39.4 Å². The quantitative estimate of drug-likeness (QED) is 0.549. The monoisotopic (exact) mass is 371 g/mol. The van der Waals surface area contributed by atoms with E-state index in [2.05, 4.69) is 4.99 Å². The summed E-state index contributed by atoms with van der Waals surface area (Å²) in [5.41, 5.74) is 3.54. The molecule has 3 aromatic rings. The Morgan fingerprint density at radius 3 is 2.68 bits per heavy atom. The minimum atomic E-state index is -1.05. The molecular formula is C22H13NO5. The third-order valence-electron chi connectivity index (χ3n) is 4.82. The number of carbonyl (C=O) groups is 2. The van der Waals surface area contributed by atoms with Gasteiger partial charge >= 0.3 is 5.97 Å². The molecule has 6 nitrogen and oxygen atoms in total. The van der Waals surface area contributed by atoms with Crippen molar-refractivity contribution in [3.05, 3.63) is 76.9 Å². The van der Waals surface area contributed by atoms with E-state index in [1.54, 1.807) is 36.5 Å². The molecule has 1 heterocycles. The van der Waals surface area contributed by atoms with Crippen LogP contribution in [0.5, 0.6) is 11.5 Å². The van der Waals surface area contributed by atoms with E-state index in [9.17, 15) is 14.7 Å². The molecule has 3 aromatic carbocycles. The lowest BCUT2D eigenvalue weighted by Crippen LogP contribution is -2.00. The van der Waals surface area contributed by atoms with E-state index < -0.39 is 5.97 Å². The largest absolute Gasteiger partial charge is 0.478 e. The highest BCUT2D eigenvalue weighted by atomic mass is 16.7. The van der Waals surface area contributed by atoms with E-state index in [1.165, 1.54) is 6.07 Å². The van der Waals surface area contributed by atoms with Gasteiger partial charge < -0.3 is 14.6 Å². The molecule has 2 aliphatic rings. The molecular weight excluding hydrogens is 358 g/mol. The zero-order valence-electron chi connectivity index (χ0n) is 14.5. The number of hydrogen-bond donors (Lipinski definition) is 1. The molecule has 0 saturated carbocycles. The molecule has 136 valence electrons. The molecule has 5 rings (SSSR count). The maximum atomic E-state index is 12.7. The highest BCUT2D eigenvalue weighted by molar-refractivity contribution is 6.24. The first-order chi connectivity index (χ1) is 13.6. The van der Waals surface area contributed by atoms with Crippen molar-refractivity contribution in [3.8, 4) is 22.6 Å². The second-order valence-electron chi connectivity index (χ2n) is 6.46. The standard InChI is InChI=1S/C22H13NO5/c24-21-15-2-1-3-16(22(25)26)20(15)14-6-5-13(9-17(14)21)23-10-12-4-7-18-19(8-12)28-11-27-18/h1-10H,11H2,(H,25,26). The second kappa shape index (κ2) is 6.06. The Labute approximate surface area is 159 Å². The van der Waals surface area contributed by atoms with Crippen molar-refractivity contribution in [3.63, 3.8) is 0 Å². The minimum Gasteiger partial charge on any atom is -0.478 e. The Balaban J connectivity index is 1.51. The Kier molecular flexibility index (Phi) is 3.52. The van der Waals surface area contributed by atoms with E-state index in [4.69, 9.17) is 9.47 Å². The maximum Gasteiger partial charge on any atom is 0.336 e. The predicted molar refractivity (Wildman–Crippen MR) is 102 cm³/mol. The van der Waals surface area contributed by atoms with Crippen LogP contribution in [0.4, 0.5) is 5.69 Å². The van der Waals surface area contributed by atoms with Crippen LogP contribution < -0.4 is 9.47 Å². The summed E-state index contributed by atoms with van der Waals surface area (Å²) in [6.45, 7) is 0.210. The van der Waals surface area contributed by atoms with Gasteiger partial charge in [0.1, 0.15) is 0 Å². The van der Waals surface area contributed by atoms with Gasteiger partial charge in [0.2, 0.25) is 6.79 Å². The number of rotatable bonds is 3. The van der Waals surface area contributed by atoms with Gasteiger partial charge in [-0.2, -0.15) is 0 Å². The Morgan fingerprint density at radius 1 is 0.964 bits per heavy atom. The summed E-state index contributed by atoms with van der Waals surface area (Å²) in [7, 11) is 0. The van der Waals surface area contributed by atoms with Gasteiger partial charge in [-0.15, -0.1) is 0 Å². The van der Waals surface area contributed by atoms with Gasteiger partial charge in [0.25, 0.3) is 0 Å². The summed E-state index contributed by atoms with van der Waals surface area (Å²) >= 11 is 0. The molecule has 1 aliphatic heterocycles. The van der Waals surface area contributed by atoms with Crippen molar-refractivity contribution < 1.29 is 24.2 Å². The normalized spacial score (nSPS) is 13.6. The van der Waals surface area contributed by atoms with Crippen molar-refractivity contribution in [1.82, 2.24) is 0 Å². The van der Waals surface area contributed by atoms with Crippen LogP contribution in [-0.2, 0) is 0 Å².